The fourth-order valence-electron chi connectivity index (χ4n) is 6.32. The van der Waals surface area contributed by atoms with E-state index < -0.39 is 39.6 Å². The van der Waals surface area contributed by atoms with Crippen molar-refractivity contribution in [1.29, 1.82) is 0 Å². The lowest BCUT2D eigenvalue weighted by atomic mass is 9.80. The van der Waals surface area contributed by atoms with Crippen LogP contribution in [0.15, 0.2) is 64.6 Å². The van der Waals surface area contributed by atoms with Gasteiger partial charge in [-0.3, -0.25) is 4.79 Å². The molecular weight excluding hydrogens is 680 g/mol. The normalized spacial score (nSPS) is 22.2. The molecule has 1 amide bonds. The molecule has 2 aromatic carbocycles. The van der Waals surface area contributed by atoms with E-state index in [0.29, 0.717) is 31.8 Å². The van der Waals surface area contributed by atoms with Crippen molar-refractivity contribution in [2.45, 2.75) is 81.3 Å². The standard InChI is InChI=1S/C31H40F3N3O4S.C2HF3O2/c1-21(2)36(3)26-13-14-29(24(18-26)20-42(39,40)27-11-6-5-7-12-27)37-16-15-23(30(37)38)19-28(35-41-4)22-9-8-10-25(17-22)31(32,33)34;3-2(4,5)1(6)7/h5-12,17,21,23-24,26,29H,13-16,18-20H2,1-4H3;(H,6,7)/t23?,24-,26+,29-;/m0./s1. The number of hydrogen-bond acceptors (Lipinski definition) is 7. The number of aliphatic carboxylic acids is 1. The highest BCUT2D eigenvalue weighted by molar-refractivity contribution is 7.91. The van der Waals surface area contributed by atoms with Crippen LogP contribution in [-0.2, 0) is 30.4 Å². The average Bonchev–Trinajstić information content (AvgIpc) is 3.39. The van der Waals surface area contributed by atoms with Crippen LogP contribution < -0.4 is 0 Å². The van der Waals surface area contributed by atoms with Crippen molar-refractivity contribution in [2.24, 2.45) is 17.0 Å². The maximum Gasteiger partial charge on any atom is 0.490 e. The summed E-state index contributed by atoms with van der Waals surface area (Å²) < 4.78 is 98.7. The summed E-state index contributed by atoms with van der Waals surface area (Å²) in [5.74, 6) is -3.68. The zero-order valence-corrected chi connectivity index (χ0v) is 28.4. The predicted molar refractivity (Wildman–Crippen MR) is 169 cm³/mol. The minimum absolute atomic E-state index is 0.0564. The van der Waals surface area contributed by atoms with Crippen molar-refractivity contribution >= 4 is 27.4 Å². The summed E-state index contributed by atoms with van der Waals surface area (Å²) >= 11 is 0. The van der Waals surface area contributed by atoms with Crippen LogP contribution in [0.5, 0.6) is 0 Å². The second-order valence-electron chi connectivity index (χ2n) is 12.5. The van der Waals surface area contributed by atoms with Gasteiger partial charge >= 0.3 is 18.3 Å². The molecule has 1 unspecified atom stereocenters. The second-order valence-corrected chi connectivity index (χ2v) is 14.5. The van der Waals surface area contributed by atoms with Gasteiger partial charge < -0.3 is 19.7 Å². The third-order valence-electron chi connectivity index (χ3n) is 9.00. The van der Waals surface area contributed by atoms with Crippen LogP contribution >= 0.6 is 0 Å². The Bertz CT molecular complexity index is 1570. The maximum absolute atomic E-state index is 13.8. The molecule has 272 valence electrons. The number of carboxylic acids is 1. The number of carbonyl (C=O) groups is 2. The zero-order valence-electron chi connectivity index (χ0n) is 27.5. The number of carbonyl (C=O) groups excluding carboxylic acids is 1. The number of likely N-dealkylation sites (tertiary alicyclic amines) is 1. The van der Waals surface area contributed by atoms with Crippen molar-refractivity contribution in [1.82, 2.24) is 9.80 Å². The van der Waals surface area contributed by atoms with Gasteiger partial charge in [-0.1, -0.05) is 35.5 Å². The van der Waals surface area contributed by atoms with Crippen molar-refractivity contribution in [3.63, 3.8) is 0 Å². The molecule has 4 rings (SSSR count). The van der Waals surface area contributed by atoms with Crippen molar-refractivity contribution in [2.75, 3.05) is 26.5 Å². The Hall–Kier alpha value is -3.66. The van der Waals surface area contributed by atoms with E-state index in [0.717, 1.165) is 18.6 Å². The van der Waals surface area contributed by atoms with E-state index in [1.165, 1.54) is 19.2 Å². The van der Waals surface area contributed by atoms with E-state index >= 15 is 0 Å². The molecule has 2 fully saturated rings. The summed E-state index contributed by atoms with van der Waals surface area (Å²) in [7, 11) is -0.210. The number of hydrogen-bond donors (Lipinski definition) is 1. The van der Waals surface area contributed by atoms with Crippen LogP contribution in [-0.4, -0.2) is 91.7 Å². The second kappa shape index (κ2) is 16.4. The van der Waals surface area contributed by atoms with Crippen LogP contribution in [0.4, 0.5) is 26.3 Å². The molecule has 1 N–H and O–H groups in total. The fourth-order valence-corrected chi connectivity index (χ4v) is 8.00. The molecule has 1 saturated carbocycles. The first-order valence-electron chi connectivity index (χ1n) is 15.6. The molecule has 1 saturated heterocycles. The molecule has 1 aliphatic carbocycles. The Kier molecular flexibility index (Phi) is 13.3. The van der Waals surface area contributed by atoms with Crippen LogP contribution in [0.2, 0.25) is 0 Å². The van der Waals surface area contributed by atoms with Gasteiger partial charge in [0.15, 0.2) is 9.84 Å². The molecular formula is C33H41F6N3O6S. The van der Waals surface area contributed by atoms with Crippen LogP contribution in [0, 0.1) is 11.8 Å². The first-order chi connectivity index (χ1) is 22.8. The highest BCUT2D eigenvalue weighted by Gasteiger charge is 2.44. The zero-order chi connectivity index (χ0) is 36.7. The molecule has 0 aromatic heterocycles. The van der Waals surface area contributed by atoms with Crippen molar-refractivity contribution in [3.8, 4) is 0 Å². The predicted octanol–water partition coefficient (Wildman–Crippen LogP) is 6.28. The summed E-state index contributed by atoms with van der Waals surface area (Å²) in [6, 6.07) is 13.5. The number of nitrogens with zero attached hydrogens (tertiary/aromatic N) is 3. The highest BCUT2D eigenvalue weighted by atomic mass is 32.2. The van der Waals surface area contributed by atoms with Gasteiger partial charge in [0.2, 0.25) is 5.91 Å². The summed E-state index contributed by atoms with van der Waals surface area (Å²) in [5.41, 5.74) is -0.273. The molecule has 49 heavy (non-hydrogen) atoms. The third-order valence-corrected chi connectivity index (χ3v) is 10.9. The lowest BCUT2D eigenvalue weighted by Gasteiger charge is -2.44. The van der Waals surface area contributed by atoms with Crippen molar-refractivity contribution in [3.05, 3.63) is 65.7 Å². The van der Waals surface area contributed by atoms with Gasteiger partial charge in [-0.25, -0.2) is 13.2 Å². The summed E-state index contributed by atoms with van der Waals surface area (Å²) in [5, 5.41) is 11.1. The third kappa shape index (κ3) is 10.7. The number of rotatable bonds is 10. The minimum Gasteiger partial charge on any atom is -0.475 e. The average molecular weight is 722 g/mol. The molecule has 9 nitrogen and oxygen atoms in total. The van der Waals surface area contributed by atoms with E-state index in [2.05, 4.69) is 31.0 Å². The molecule has 2 aromatic rings. The summed E-state index contributed by atoms with van der Waals surface area (Å²) in [4.78, 5) is 32.0. The number of benzene rings is 2. The van der Waals surface area contributed by atoms with Crippen LogP contribution in [0.3, 0.4) is 0 Å². The van der Waals surface area contributed by atoms with E-state index in [-0.39, 0.29) is 52.3 Å². The number of sulfone groups is 1. The Labute approximate surface area is 281 Å². The lowest BCUT2D eigenvalue weighted by Crippen LogP contribution is -2.51. The Morgan fingerprint density at radius 1 is 1.04 bits per heavy atom. The minimum atomic E-state index is -5.08. The van der Waals surface area contributed by atoms with Gasteiger partial charge in [-0.2, -0.15) is 26.3 Å². The number of alkyl halides is 6. The molecule has 0 spiro atoms. The molecule has 1 heterocycles. The van der Waals surface area contributed by atoms with E-state index in [9.17, 15) is 39.6 Å². The first kappa shape index (κ1) is 39.8. The lowest BCUT2D eigenvalue weighted by molar-refractivity contribution is -0.192. The van der Waals surface area contributed by atoms with E-state index in [1.54, 1.807) is 30.3 Å². The Morgan fingerprint density at radius 3 is 2.22 bits per heavy atom. The fraction of sp³-hybridized carbons (Fsp3) is 0.545. The Morgan fingerprint density at radius 2 is 1.67 bits per heavy atom. The number of carboxylic acid groups (broad SMARTS) is 1. The van der Waals surface area contributed by atoms with Gasteiger partial charge in [0, 0.05) is 37.0 Å². The Balaban J connectivity index is 0.000000838. The molecule has 16 heteroatoms. The number of oxime groups is 1. The maximum atomic E-state index is 13.8. The SMILES string of the molecule is CON=C(CC1CCN([C@H]2CC[C@@H](N(C)C(C)C)C[C@H]2CS(=O)(=O)c2ccccc2)C1=O)c1cccc(C(F)(F)F)c1.O=C(O)C(F)(F)F. The highest BCUT2D eigenvalue weighted by Crippen LogP contribution is 2.38. The monoisotopic (exact) mass is 721 g/mol. The van der Waals surface area contributed by atoms with Gasteiger partial charge in [0.25, 0.3) is 0 Å². The topological polar surface area (TPSA) is 117 Å². The van der Waals surface area contributed by atoms with E-state index in [1.807, 2.05) is 4.90 Å². The van der Waals surface area contributed by atoms with E-state index in [4.69, 9.17) is 14.7 Å². The van der Waals surface area contributed by atoms with Crippen LogP contribution in [0.1, 0.15) is 57.1 Å². The molecule has 0 bridgehead atoms. The first-order valence-corrected chi connectivity index (χ1v) is 17.3. The molecule has 1 aliphatic heterocycles. The van der Waals surface area contributed by atoms with Gasteiger partial charge in [-0.15, -0.1) is 0 Å². The van der Waals surface area contributed by atoms with Gasteiger partial charge in [-0.05, 0) is 82.3 Å². The molecule has 0 radical (unpaired) electrons. The van der Waals surface area contributed by atoms with Gasteiger partial charge in [0.05, 0.1) is 21.9 Å². The largest absolute Gasteiger partial charge is 0.490 e. The molecule has 2 aliphatic rings. The summed E-state index contributed by atoms with van der Waals surface area (Å²) in [6.45, 7) is 4.68. The van der Waals surface area contributed by atoms with Crippen molar-refractivity contribution < 1.29 is 54.3 Å². The number of halogens is 6. The number of amides is 1. The smallest absolute Gasteiger partial charge is 0.475 e. The van der Waals surface area contributed by atoms with Gasteiger partial charge in [0.1, 0.15) is 7.11 Å². The summed E-state index contributed by atoms with van der Waals surface area (Å²) in [6.07, 6.45) is -6.78. The van der Waals surface area contributed by atoms with Crippen LogP contribution in [0.25, 0.3) is 0 Å². The quantitative estimate of drug-likeness (QED) is 0.175. The molecule has 4 atom stereocenters.